The second kappa shape index (κ2) is 9.05. The Morgan fingerprint density at radius 3 is 2.38 bits per heavy atom. The highest BCUT2D eigenvalue weighted by Gasteiger charge is 2.13. The first-order chi connectivity index (χ1) is 14.0. The quantitative estimate of drug-likeness (QED) is 0.611. The highest BCUT2D eigenvalue weighted by Crippen LogP contribution is 2.29. The Morgan fingerprint density at radius 1 is 0.966 bits per heavy atom. The molecule has 1 heterocycles. The fraction of sp³-hybridized carbons (Fsp3) is 0.227. The average Bonchev–Trinajstić information content (AvgIpc) is 2.74. The second-order valence-electron chi connectivity index (χ2n) is 6.71. The van der Waals surface area contributed by atoms with E-state index in [1.54, 1.807) is 31.4 Å². The molecule has 29 heavy (non-hydrogen) atoms. The van der Waals surface area contributed by atoms with Crippen molar-refractivity contribution in [2.75, 3.05) is 24.9 Å². The number of amides is 1. The summed E-state index contributed by atoms with van der Waals surface area (Å²) in [5, 5.41) is 6.00. The summed E-state index contributed by atoms with van der Waals surface area (Å²) in [6.45, 7) is 4.30. The number of carbonyl (C=O) groups excluding carboxylic acids is 1. The zero-order chi connectivity index (χ0) is 20.8. The summed E-state index contributed by atoms with van der Waals surface area (Å²) >= 11 is 0. The highest BCUT2D eigenvalue weighted by atomic mass is 16.5. The van der Waals surface area contributed by atoms with Gasteiger partial charge >= 0.3 is 0 Å². The van der Waals surface area contributed by atoms with Crippen LogP contribution in [-0.2, 0) is 0 Å². The number of carbonyl (C=O) groups is 1. The zero-order valence-corrected chi connectivity index (χ0v) is 16.9. The molecule has 3 rings (SSSR count). The topological polar surface area (TPSA) is 85.4 Å². The molecule has 1 aromatic heterocycles. The molecule has 0 atom stereocenters. The van der Waals surface area contributed by atoms with Gasteiger partial charge in [-0.05, 0) is 35.7 Å². The van der Waals surface area contributed by atoms with E-state index in [4.69, 9.17) is 9.47 Å². The molecule has 2 aromatic carbocycles. The maximum absolute atomic E-state index is 12.7. The van der Waals surface area contributed by atoms with Crippen molar-refractivity contribution in [3.63, 3.8) is 0 Å². The summed E-state index contributed by atoms with van der Waals surface area (Å²) in [7, 11) is 3.10. The van der Waals surface area contributed by atoms with Crippen LogP contribution in [-0.4, -0.2) is 30.1 Å². The fourth-order valence-corrected chi connectivity index (χ4v) is 2.75. The number of benzene rings is 2. The standard InChI is InChI=1S/C22H24N4O3/c1-14(2)15-5-7-16(8-6-15)25-21-12-19(23-13-24-21)22(27)26-18-11-17(28-3)9-10-20(18)29-4/h5-14H,1-4H3,(H,26,27)(H,23,24,25). The first-order valence-electron chi connectivity index (χ1n) is 9.22. The van der Waals surface area contributed by atoms with Gasteiger partial charge in [0.05, 0.1) is 19.9 Å². The van der Waals surface area contributed by atoms with Crippen molar-refractivity contribution in [1.82, 2.24) is 9.97 Å². The van der Waals surface area contributed by atoms with E-state index in [1.807, 2.05) is 12.1 Å². The number of hydrogen-bond donors (Lipinski definition) is 2. The van der Waals surface area contributed by atoms with Gasteiger partial charge in [-0.2, -0.15) is 0 Å². The molecule has 7 nitrogen and oxygen atoms in total. The number of hydrogen-bond acceptors (Lipinski definition) is 6. The molecule has 0 aliphatic heterocycles. The summed E-state index contributed by atoms with van der Waals surface area (Å²) < 4.78 is 10.5. The zero-order valence-electron chi connectivity index (χ0n) is 16.9. The number of anilines is 3. The summed E-state index contributed by atoms with van der Waals surface area (Å²) in [4.78, 5) is 21.0. The predicted molar refractivity (Wildman–Crippen MR) is 113 cm³/mol. The SMILES string of the molecule is COc1ccc(OC)c(NC(=O)c2cc(Nc3ccc(C(C)C)cc3)ncn2)c1. The summed E-state index contributed by atoms with van der Waals surface area (Å²) in [6, 6.07) is 14.9. The first-order valence-corrected chi connectivity index (χ1v) is 9.22. The lowest BCUT2D eigenvalue weighted by Gasteiger charge is -2.12. The van der Waals surface area contributed by atoms with Crippen molar-refractivity contribution in [3.8, 4) is 11.5 Å². The van der Waals surface area contributed by atoms with E-state index in [9.17, 15) is 4.79 Å². The van der Waals surface area contributed by atoms with E-state index in [2.05, 4.69) is 46.6 Å². The van der Waals surface area contributed by atoms with Crippen LogP contribution in [0.25, 0.3) is 0 Å². The Bertz CT molecular complexity index is 988. The molecule has 0 saturated heterocycles. The maximum Gasteiger partial charge on any atom is 0.274 e. The van der Waals surface area contributed by atoms with E-state index >= 15 is 0 Å². The van der Waals surface area contributed by atoms with Crippen LogP contribution in [0, 0.1) is 0 Å². The molecule has 0 saturated carbocycles. The van der Waals surface area contributed by atoms with Gasteiger partial charge in [0.2, 0.25) is 0 Å². The molecule has 0 aliphatic carbocycles. The molecular weight excluding hydrogens is 368 g/mol. The predicted octanol–water partition coefficient (Wildman–Crippen LogP) is 4.61. The molecule has 0 aliphatic rings. The van der Waals surface area contributed by atoms with Crippen LogP contribution in [0.5, 0.6) is 11.5 Å². The number of nitrogens with one attached hydrogen (secondary N) is 2. The summed E-state index contributed by atoms with van der Waals surface area (Å²) in [5.74, 6) is 1.75. The largest absolute Gasteiger partial charge is 0.497 e. The molecular formula is C22H24N4O3. The molecule has 1 amide bonds. The number of ether oxygens (including phenoxy) is 2. The second-order valence-corrected chi connectivity index (χ2v) is 6.71. The minimum atomic E-state index is -0.378. The number of aromatic nitrogens is 2. The molecule has 0 fully saturated rings. The lowest BCUT2D eigenvalue weighted by atomic mass is 10.0. The molecule has 0 spiro atoms. The van der Waals surface area contributed by atoms with Crippen LogP contribution in [0.4, 0.5) is 17.2 Å². The number of nitrogens with zero attached hydrogens (tertiary/aromatic N) is 2. The Morgan fingerprint density at radius 2 is 1.72 bits per heavy atom. The van der Waals surface area contributed by atoms with Gasteiger partial charge in [0.1, 0.15) is 29.3 Å². The van der Waals surface area contributed by atoms with Gasteiger partial charge in [-0.25, -0.2) is 9.97 Å². The van der Waals surface area contributed by atoms with Crippen LogP contribution in [0.3, 0.4) is 0 Å². The van der Waals surface area contributed by atoms with Crippen LogP contribution >= 0.6 is 0 Å². The van der Waals surface area contributed by atoms with E-state index in [-0.39, 0.29) is 11.6 Å². The lowest BCUT2D eigenvalue weighted by Crippen LogP contribution is -2.15. The monoisotopic (exact) mass is 392 g/mol. The van der Waals surface area contributed by atoms with Crippen LogP contribution < -0.4 is 20.1 Å². The summed E-state index contributed by atoms with van der Waals surface area (Å²) in [6.07, 6.45) is 1.35. The molecule has 0 bridgehead atoms. The highest BCUT2D eigenvalue weighted by molar-refractivity contribution is 6.04. The van der Waals surface area contributed by atoms with Gasteiger partial charge < -0.3 is 20.1 Å². The Balaban J connectivity index is 1.76. The minimum Gasteiger partial charge on any atom is -0.497 e. The Kier molecular flexibility index (Phi) is 6.29. The van der Waals surface area contributed by atoms with Gasteiger partial charge in [0.25, 0.3) is 5.91 Å². The van der Waals surface area contributed by atoms with Crippen molar-refractivity contribution < 1.29 is 14.3 Å². The molecule has 7 heteroatoms. The smallest absolute Gasteiger partial charge is 0.274 e. The van der Waals surface area contributed by atoms with Crippen LogP contribution in [0.2, 0.25) is 0 Å². The molecule has 150 valence electrons. The van der Waals surface area contributed by atoms with Crippen molar-refractivity contribution in [2.45, 2.75) is 19.8 Å². The van der Waals surface area contributed by atoms with E-state index < -0.39 is 0 Å². The fourth-order valence-electron chi connectivity index (χ4n) is 2.75. The Hall–Kier alpha value is -3.61. The van der Waals surface area contributed by atoms with Gasteiger partial charge in [0, 0.05) is 17.8 Å². The van der Waals surface area contributed by atoms with Crippen LogP contribution in [0.1, 0.15) is 35.8 Å². The molecule has 2 N–H and O–H groups in total. The Labute approximate surface area is 170 Å². The van der Waals surface area contributed by atoms with Crippen molar-refractivity contribution in [3.05, 3.63) is 66.1 Å². The van der Waals surface area contributed by atoms with E-state index in [0.29, 0.717) is 28.9 Å². The van der Waals surface area contributed by atoms with E-state index in [1.165, 1.54) is 19.0 Å². The third-order valence-corrected chi connectivity index (χ3v) is 4.40. The molecule has 3 aromatic rings. The van der Waals surface area contributed by atoms with Gasteiger partial charge in [-0.3, -0.25) is 4.79 Å². The van der Waals surface area contributed by atoms with E-state index in [0.717, 1.165) is 5.69 Å². The first kappa shape index (κ1) is 20.1. The average molecular weight is 392 g/mol. The third kappa shape index (κ3) is 5.01. The van der Waals surface area contributed by atoms with Gasteiger partial charge in [0.15, 0.2) is 0 Å². The maximum atomic E-state index is 12.7. The van der Waals surface area contributed by atoms with Gasteiger partial charge in [-0.15, -0.1) is 0 Å². The van der Waals surface area contributed by atoms with Gasteiger partial charge in [-0.1, -0.05) is 26.0 Å². The molecule has 0 radical (unpaired) electrons. The summed E-state index contributed by atoms with van der Waals surface area (Å²) in [5.41, 5.74) is 2.86. The van der Waals surface area contributed by atoms with Crippen molar-refractivity contribution >= 4 is 23.1 Å². The van der Waals surface area contributed by atoms with Crippen LogP contribution in [0.15, 0.2) is 54.9 Å². The minimum absolute atomic E-state index is 0.228. The third-order valence-electron chi connectivity index (χ3n) is 4.40. The number of methoxy groups -OCH3 is 2. The lowest BCUT2D eigenvalue weighted by molar-refractivity contribution is 0.102. The molecule has 0 unspecified atom stereocenters. The normalized spacial score (nSPS) is 10.5. The van der Waals surface area contributed by atoms with Crippen molar-refractivity contribution in [1.29, 1.82) is 0 Å². The van der Waals surface area contributed by atoms with Crippen molar-refractivity contribution in [2.24, 2.45) is 0 Å². The number of rotatable bonds is 7.